The highest BCUT2D eigenvalue weighted by Crippen LogP contribution is 2.19. The Balaban J connectivity index is 2.45. The predicted octanol–water partition coefficient (Wildman–Crippen LogP) is 1.18. The van der Waals surface area contributed by atoms with E-state index >= 15 is 0 Å². The Bertz CT molecular complexity index is 370. The highest BCUT2D eigenvalue weighted by molar-refractivity contribution is 7.13. The molecule has 2 aromatic rings. The van der Waals surface area contributed by atoms with Crippen molar-refractivity contribution < 1.29 is 0 Å². The van der Waals surface area contributed by atoms with Gasteiger partial charge in [-0.25, -0.2) is 15.0 Å². The number of aromatic nitrogens is 3. The van der Waals surface area contributed by atoms with E-state index in [9.17, 15) is 0 Å². The molecule has 2 N–H and O–H groups in total. The molecule has 0 amide bonds. The van der Waals surface area contributed by atoms with Crippen LogP contribution in [0.5, 0.6) is 0 Å². The second-order valence-corrected chi connectivity index (χ2v) is 3.06. The van der Waals surface area contributed by atoms with E-state index in [-0.39, 0.29) is 0 Å². The van der Waals surface area contributed by atoms with Crippen molar-refractivity contribution in [2.75, 3.05) is 5.73 Å². The Morgan fingerprint density at radius 3 is 2.83 bits per heavy atom. The summed E-state index contributed by atoms with van der Waals surface area (Å²) >= 11 is 1.41. The molecule has 0 bridgehead atoms. The highest BCUT2D eigenvalue weighted by Gasteiger charge is 2.01. The van der Waals surface area contributed by atoms with Crippen LogP contribution in [-0.4, -0.2) is 15.0 Å². The van der Waals surface area contributed by atoms with Gasteiger partial charge in [-0.15, -0.1) is 11.3 Å². The predicted molar refractivity (Wildman–Crippen MR) is 47.6 cm³/mol. The van der Waals surface area contributed by atoms with E-state index in [2.05, 4.69) is 15.0 Å². The van der Waals surface area contributed by atoms with Gasteiger partial charge in [-0.3, -0.25) is 0 Å². The van der Waals surface area contributed by atoms with Crippen molar-refractivity contribution in [1.82, 2.24) is 15.0 Å². The Hall–Kier alpha value is -1.49. The number of thiazole rings is 1. The summed E-state index contributed by atoms with van der Waals surface area (Å²) in [6.45, 7) is 0. The summed E-state index contributed by atoms with van der Waals surface area (Å²) < 4.78 is 0. The fourth-order valence-corrected chi connectivity index (χ4v) is 1.40. The molecule has 0 fully saturated rings. The van der Waals surface area contributed by atoms with Gasteiger partial charge in [0.05, 0.1) is 5.69 Å². The van der Waals surface area contributed by atoms with Gasteiger partial charge in [0.15, 0.2) is 5.13 Å². The number of nitrogens with two attached hydrogens (primary N) is 1. The van der Waals surface area contributed by atoms with Crippen molar-refractivity contribution in [2.45, 2.75) is 0 Å². The third-order valence-electron chi connectivity index (χ3n) is 1.37. The van der Waals surface area contributed by atoms with Crippen LogP contribution in [0.3, 0.4) is 0 Å². The summed E-state index contributed by atoms with van der Waals surface area (Å²) in [6.07, 6.45) is 3.17. The van der Waals surface area contributed by atoms with Gasteiger partial charge in [0.25, 0.3) is 0 Å². The van der Waals surface area contributed by atoms with Crippen LogP contribution in [0.2, 0.25) is 0 Å². The number of nitrogens with zero attached hydrogens (tertiary/aromatic N) is 3. The van der Waals surface area contributed by atoms with E-state index in [1.54, 1.807) is 12.3 Å². The molecule has 0 unspecified atom stereocenters. The average Bonchev–Trinajstić information content (AvgIpc) is 2.54. The summed E-state index contributed by atoms with van der Waals surface area (Å²) in [5.41, 5.74) is 7.09. The first-order chi connectivity index (χ1) is 5.86. The maximum atomic E-state index is 5.48. The molecular formula is C7H6N4S. The first kappa shape index (κ1) is 7.17. The van der Waals surface area contributed by atoms with Crippen molar-refractivity contribution in [1.29, 1.82) is 0 Å². The zero-order valence-electron chi connectivity index (χ0n) is 6.14. The van der Waals surface area contributed by atoms with Gasteiger partial charge < -0.3 is 5.73 Å². The molecule has 60 valence electrons. The van der Waals surface area contributed by atoms with Crippen molar-refractivity contribution >= 4 is 16.5 Å². The topological polar surface area (TPSA) is 64.7 Å². The Morgan fingerprint density at radius 2 is 2.25 bits per heavy atom. The van der Waals surface area contributed by atoms with Crippen molar-refractivity contribution in [3.05, 3.63) is 24.0 Å². The third-order valence-corrected chi connectivity index (χ3v) is 2.04. The number of anilines is 1. The molecule has 0 radical (unpaired) electrons. The molecular weight excluding hydrogens is 172 g/mol. The molecule has 2 heterocycles. The molecule has 0 aliphatic heterocycles. The van der Waals surface area contributed by atoms with Crippen LogP contribution in [0.4, 0.5) is 5.13 Å². The summed E-state index contributed by atoms with van der Waals surface area (Å²) in [7, 11) is 0. The lowest BCUT2D eigenvalue weighted by molar-refractivity contribution is 1.16. The van der Waals surface area contributed by atoms with Crippen LogP contribution in [0.25, 0.3) is 11.4 Å². The minimum Gasteiger partial charge on any atom is -0.375 e. The molecule has 0 spiro atoms. The molecule has 0 aliphatic carbocycles. The molecule has 2 rings (SSSR count). The largest absolute Gasteiger partial charge is 0.375 e. The zero-order valence-corrected chi connectivity index (χ0v) is 6.95. The highest BCUT2D eigenvalue weighted by atomic mass is 32.1. The maximum Gasteiger partial charge on any atom is 0.180 e. The fraction of sp³-hybridized carbons (Fsp3) is 0. The van der Waals surface area contributed by atoms with E-state index in [1.165, 1.54) is 17.7 Å². The van der Waals surface area contributed by atoms with Crippen molar-refractivity contribution in [2.24, 2.45) is 0 Å². The first-order valence-corrected chi connectivity index (χ1v) is 4.21. The van der Waals surface area contributed by atoms with Gasteiger partial charge in [0.1, 0.15) is 12.0 Å². The van der Waals surface area contributed by atoms with Gasteiger partial charge in [0, 0.05) is 11.6 Å². The van der Waals surface area contributed by atoms with E-state index < -0.39 is 0 Å². The standard InChI is InChI=1S/C7H6N4S/c8-7-11-6(3-12-7)5-1-2-9-4-10-5/h1-4H,(H2,8,11). The normalized spacial score (nSPS) is 10.0. The first-order valence-electron chi connectivity index (χ1n) is 3.33. The van der Waals surface area contributed by atoms with Crippen molar-refractivity contribution in [3.8, 4) is 11.4 Å². The van der Waals surface area contributed by atoms with E-state index in [1.807, 2.05) is 5.38 Å². The van der Waals surface area contributed by atoms with Gasteiger partial charge in [0.2, 0.25) is 0 Å². The van der Waals surface area contributed by atoms with Crippen LogP contribution in [-0.2, 0) is 0 Å². The summed E-state index contributed by atoms with van der Waals surface area (Å²) in [5, 5.41) is 2.43. The van der Waals surface area contributed by atoms with Gasteiger partial charge >= 0.3 is 0 Å². The number of hydrogen-bond acceptors (Lipinski definition) is 5. The van der Waals surface area contributed by atoms with Crippen LogP contribution in [0, 0.1) is 0 Å². The maximum absolute atomic E-state index is 5.48. The monoisotopic (exact) mass is 178 g/mol. The second-order valence-electron chi connectivity index (χ2n) is 2.17. The summed E-state index contributed by atoms with van der Waals surface area (Å²) in [4.78, 5) is 11.9. The van der Waals surface area contributed by atoms with E-state index in [4.69, 9.17) is 5.73 Å². The van der Waals surface area contributed by atoms with Crippen LogP contribution in [0.15, 0.2) is 24.0 Å². The van der Waals surface area contributed by atoms with Gasteiger partial charge in [-0.2, -0.15) is 0 Å². The second kappa shape index (κ2) is 2.86. The van der Waals surface area contributed by atoms with E-state index in [0.29, 0.717) is 5.13 Å². The summed E-state index contributed by atoms with van der Waals surface area (Å²) in [6, 6.07) is 1.80. The quantitative estimate of drug-likeness (QED) is 0.712. The summed E-state index contributed by atoms with van der Waals surface area (Å²) in [5.74, 6) is 0. The van der Waals surface area contributed by atoms with Crippen molar-refractivity contribution in [3.63, 3.8) is 0 Å². The van der Waals surface area contributed by atoms with Gasteiger partial charge in [-0.05, 0) is 6.07 Å². The molecule has 0 aromatic carbocycles. The number of hydrogen-bond donors (Lipinski definition) is 1. The van der Waals surface area contributed by atoms with Crippen LogP contribution < -0.4 is 5.73 Å². The third kappa shape index (κ3) is 1.26. The molecule has 0 saturated carbocycles. The Labute approximate surface area is 73.1 Å². The molecule has 0 saturated heterocycles. The molecule has 12 heavy (non-hydrogen) atoms. The minimum absolute atomic E-state index is 0.559. The minimum atomic E-state index is 0.559. The molecule has 2 aromatic heterocycles. The zero-order chi connectivity index (χ0) is 8.39. The van der Waals surface area contributed by atoms with E-state index in [0.717, 1.165) is 11.4 Å². The lowest BCUT2D eigenvalue weighted by atomic mass is 10.3. The molecule has 0 aliphatic rings. The molecule has 4 nitrogen and oxygen atoms in total. The van der Waals surface area contributed by atoms with Gasteiger partial charge in [-0.1, -0.05) is 0 Å². The van der Waals surface area contributed by atoms with Crippen LogP contribution in [0.1, 0.15) is 0 Å². The smallest absolute Gasteiger partial charge is 0.180 e. The SMILES string of the molecule is Nc1nc(-c2ccncn2)cs1. The lowest BCUT2D eigenvalue weighted by Crippen LogP contribution is -1.85. The lowest BCUT2D eigenvalue weighted by Gasteiger charge is -1.91. The average molecular weight is 178 g/mol. The fourth-order valence-electron chi connectivity index (χ4n) is 0.847. The Morgan fingerprint density at radius 1 is 1.33 bits per heavy atom. The Kier molecular flexibility index (Phi) is 1.71. The number of nitrogen functional groups attached to an aromatic ring is 1. The number of rotatable bonds is 1. The molecule has 0 atom stereocenters. The van der Waals surface area contributed by atoms with Crippen LogP contribution >= 0.6 is 11.3 Å². The molecule has 5 heteroatoms.